The largest absolute Gasteiger partial charge is 0.364 e. The minimum Gasteiger partial charge on any atom is -0.364 e. The quantitative estimate of drug-likeness (QED) is 0.838. The summed E-state index contributed by atoms with van der Waals surface area (Å²) in [5.41, 5.74) is 2.39. The van der Waals surface area contributed by atoms with Crippen molar-refractivity contribution in [3.63, 3.8) is 0 Å². The molecule has 3 rings (SSSR count). The van der Waals surface area contributed by atoms with Gasteiger partial charge in [-0.3, -0.25) is 9.78 Å². The van der Waals surface area contributed by atoms with Gasteiger partial charge >= 0.3 is 0 Å². The fourth-order valence-electron chi connectivity index (χ4n) is 1.98. The third kappa shape index (κ3) is 2.35. The van der Waals surface area contributed by atoms with E-state index in [9.17, 15) is 9.90 Å². The van der Waals surface area contributed by atoms with E-state index in [4.69, 9.17) is 0 Å². The maximum absolute atomic E-state index is 11.7. The number of aromatic nitrogens is 1. The highest BCUT2D eigenvalue weighted by Gasteiger charge is 2.24. The van der Waals surface area contributed by atoms with E-state index in [1.54, 1.807) is 24.4 Å². The summed E-state index contributed by atoms with van der Waals surface area (Å²) in [7, 11) is 0. The van der Waals surface area contributed by atoms with Gasteiger partial charge in [-0.15, -0.1) is 0 Å². The molecule has 0 radical (unpaired) electrons. The van der Waals surface area contributed by atoms with Crippen LogP contribution in [-0.4, -0.2) is 27.9 Å². The number of rotatable bonds is 1. The van der Waals surface area contributed by atoms with Gasteiger partial charge in [-0.05, 0) is 30.3 Å². The summed E-state index contributed by atoms with van der Waals surface area (Å²) in [5.74, 6) is -0.556. The third-order valence-electron chi connectivity index (χ3n) is 2.89. The summed E-state index contributed by atoms with van der Waals surface area (Å²) in [6, 6.07) is 10.8. The molecular weight excluding hydrogens is 322 g/mol. The van der Waals surface area contributed by atoms with Crippen molar-refractivity contribution in [2.45, 2.75) is 6.23 Å². The Hall–Kier alpha value is -2.05. The number of fused-ring (bicyclic) bond motifs is 1. The molecule has 1 aliphatic rings. The van der Waals surface area contributed by atoms with Crippen LogP contribution in [0.3, 0.4) is 0 Å². The van der Waals surface area contributed by atoms with Gasteiger partial charge in [0.15, 0.2) is 0 Å². The molecular formula is C14H10BrN3O2. The van der Waals surface area contributed by atoms with Crippen LogP contribution in [0.25, 0.3) is 0 Å². The van der Waals surface area contributed by atoms with Gasteiger partial charge in [0.2, 0.25) is 6.23 Å². The molecule has 1 atom stereocenters. The van der Waals surface area contributed by atoms with Crippen molar-refractivity contribution >= 4 is 33.2 Å². The van der Waals surface area contributed by atoms with Crippen molar-refractivity contribution in [1.29, 1.82) is 0 Å². The zero-order valence-corrected chi connectivity index (χ0v) is 11.8. The lowest BCUT2D eigenvalue weighted by Gasteiger charge is -2.09. The van der Waals surface area contributed by atoms with Crippen LogP contribution in [0.2, 0.25) is 0 Å². The van der Waals surface area contributed by atoms with E-state index in [2.05, 4.69) is 31.2 Å². The number of nitrogens with one attached hydrogen (secondary N) is 1. The number of hydrogen-bond acceptors (Lipinski definition) is 4. The standard InChI is InChI=1S/C14H10BrN3O2/c15-8-4-5-10-9(7-8)12(11-3-1-2-6-16-11)18-14(20)13(19)17-10/h1-7,14,20H,(H,17,19)/t14-/m0/s1. The number of anilines is 1. The molecule has 2 N–H and O–H groups in total. The number of nitrogens with zero attached hydrogens (tertiary/aromatic N) is 2. The molecule has 0 saturated carbocycles. The van der Waals surface area contributed by atoms with Crippen LogP contribution in [0.4, 0.5) is 5.69 Å². The van der Waals surface area contributed by atoms with Crippen molar-refractivity contribution in [3.8, 4) is 0 Å². The number of benzene rings is 1. The number of benzodiazepines with no additional fused rings is 1. The Morgan fingerprint density at radius 1 is 1.25 bits per heavy atom. The molecule has 0 spiro atoms. The van der Waals surface area contributed by atoms with E-state index in [0.29, 0.717) is 22.7 Å². The molecule has 1 aliphatic heterocycles. The lowest BCUT2D eigenvalue weighted by Crippen LogP contribution is -2.24. The molecule has 6 heteroatoms. The molecule has 1 aromatic carbocycles. The lowest BCUT2D eigenvalue weighted by molar-refractivity contribution is -0.123. The number of pyridine rings is 1. The van der Waals surface area contributed by atoms with Gasteiger partial charge in [0.25, 0.3) is 5.91 Å². The fraction of sp³-hybridized carbons (Fsp3) is 0.0714. The van der Waals surface area contributed by atoms with Crippen LogP contribution in [0.5, 0.6) is 0 Å². The predicted molar refractivity (Wildman–Crippen MR) is 78.7 cm³/mol. The Kier molecular flexibility index (Phi) is 3.33. The zero-order valence-electron chi connectivity index (χ0n) is 10.2. The second-order valence-corrected chi connectivity index (χ2v) is 5.16. The Morgan fingerprint density at radius 3 is 2.85 bits per heavy atom. The first-order valence-electron chi connectivity index (χ1n) is 5.93. The van der Waals surface area contributed by atoms with E-state index in [0.717, 1.165) is 4.47 Å². The Morgan fingerprint density at radius 2 is 2.10 bits per heavy atom. The molecule has 1 aromatic heterocycles. The van der Waals surface area contributed by atoms with Gasteiger partial charge in [-0.1, -0.05) is 22.0 Å². The number of aliphatic hydroxyl groups excluding tert-OH is 1. The molecule has 0 saturated heterocycles. The van der Waals surface area contributed by atoms with Crippen LogP contribution in [0, 0.1) is 0 Å². The van der Waals surface area contributed by atoms with Gasteiger partial charge in [0, 0.05) is 16.2 Å². The maximum Gasteiger partial charge on any atom is 0.276 e. The van der Waals surface area contributed by atoms with Crippen molar-refractivity contribution in [3.05, 3.63) is 58.3 Å². The highest BCUT2D eigenvalue weighted by atomic mass is 79.9. The second-order valence-electron chi connectivity index (χ2n) is 4.25. The Labute approximate surface area is 123 Å². The number of amides is 1. The monoisotopic (exact) mass is 331 g/mol. The normalized spacial score (nSPS) is 17.8. The molecule has 2 aromatic rings. The number of carbonyl (C=O) groups excluding carboxylic acids is 1. The zero-order chi connectivity index (χ0) is 14.1. The van der Waals surface area contributed by atoms with Gasteiger partial charge in [0.1, 0.15) is 0 Å². The van der Waals surface area contributed by atoms with Crippen molar-refractivity contribution in [2.75, 3.05) is 5.32 Å². The van der Waals surface area contributed by atoms with Crippen molar-refractivity contribution in [1.82, 2.24) is 4.98 Å². The fourth-order valence-corrected chi connectivity index (χ4v) is 2.34. The summed E-state index contributed by atoms with van der Waals surface area (Å²) in [5, 5.41) is 12.4. The maximum atomic E-state index is 11.7. The van der Waals surface area contributed by atoms with E-state index >= 15 is 0 Å². The Balaban J connectivity index is 2.23. The number of aliphatic imine (C=N–C) groups is 1. The summed E-state index contributed by atoms with van der Waals surface area (Å²) in [6.07, 6.45) is 0.195. The van der Waals surface area contributed by atoms with Crippen LogP contribution in [0.15, 0.2) is 52.1 Å². The number of aliphatic hydroxyl groups is 1. The molecule has 2 heterocycles. The molecule has 0 bridgehead atoms. The van der Waals surface area contributed by atoms with Crippen molar-refractivity contribution < 1.29 is 9.90 Å². The van der Waals surface area contributed by atoms with E-state index in [1.165, 1.54) is 0 Å². The first kappa shape index (κ1) is 13.0. The molecule has 0 aliphatic carbocycles. The summed E-state index contributed by atoms with van der Waals surface area (Å²) < 4.78 is 0.852. The first-order valence-corrected chi connectivity index (χ1v) is 6.72. The average molecular weight is 332 g/mol. The highest BCUT2D eigenvalue weighted by molar-refractivity contribution is 9.10. The van der Waals surface area contributed by atoms with E-state index in [-0.39, 0.29) is 0 Å². The topological polar surface area (TPSA) is 74.6 Å². The minimum absolute atomic E-state index is 0.479. The molecule has 20 heavy (non-hydrogen) atoms. The SMILES string of the molecule is O=C1Nc2ccc(Br)cc2C(c2ccccn2)=N[C@H]1O. The Bertz CT molecular complexity index is 701. The van der Waals surface area contributed by atoms with E-state index < -0.39 is 12.1 Å². The number of hydrogen-bond donors (Lipinski definition) is 2. The number of halogens is 1. The molecule has 0 fully saturated rings. The van der Waals surface area contributed by atoms with Gasteiger partial charge in [-0.2, -0.15) is 0 Å². The third-order valence-corrected chi connectivity index (χ3v) is 3.38. The second kappa shape index (κ2) is 5.15. The summed E-state index contributed by atoms with van der Waals surface area (Å²) in [6.45, 7) is 0. The highest BCUT2D eigenvalue weighted by Crippen LogP contribution is 2.26. The molecule has 100 valence electrons. The summed E-state index contributed by atoms with van der Waals surface area (Å²) >= 11 is 3.40. The molecule has 0 unspecified atom stereocenters. The van der Waals surface area contributed by atoms with E-state index in [1.807, 2.05) is 18.2 Å². The van der Waals surface area contributed by atoms with Crippen molar-refractivity contribution in [2.24, 2.45) is 4.99 Å². The molecule has 5 nitrogen and oxygen atoms in total. The first-order chi connectivity index (χ1) is 9.65. The van der Waals surface area contributed by atoms with Crippen LogP contribution in [0.1, 0.15) is 11.3 Å². The van der Waals surface area contributed by atoms with Gasteiger partial charge < -0.3 is 10.4 Å². The summed E-state index contributed by atoms with van der Waals surface area (Å²) in [4.78, 5) is 20.1. The smallest absolute Gasteiger partial charge is 0.276 e. The minimum atomic E-state index is -1.45. The van der Waals surface area contributed by atoms with Gasteiger partial charge in [0.05, 0.1) is 17.1 Å². The number of carbonyl (C=O) groups is 1. The molecule has 1 amide bonds. The lowest BCUT2D eigenvalue weighted by atomic mass is 10.0. The predicted octanol–water partition coefficient (Wildman–Crippen LogP) is 1.95. The van der Waals surface area contributed by atoms with Crippen LogP contribution in [-0.2, 0) is 4.79 Å². The van der Waals surface area contributed by atoms with Gasteiger partial charge in [-0.25, -0.2) is 4.99 Å². The van der Waals surface area contributed by atoms with Crippen LogP contribution < -0.4 is 5.32 Å². The average Bonchev–Trinajstić information content (AvgIpc) is 2.58. The van der Waals surface area contributed by atoms with Crippen LogP contribution >= 0.6 is 15.9 Å².